The zero-order valence-electron chi connectivity index (χ0n) is 14.8. The van der Waals surface area contributed by atoms with Crippen molar-refractivity contribution < 1.29 is 22.7 Å². The van der Waals surface area contributed by atoms with Crippen LogP contribution in [-0.2, 0) is 19.6 Å². The summed E-state index contributed by atoms with van der Waals surface area (Å²) in [5.41, 5.74) is 0.517. The zero-order valence-corrected chi connectivity index (χ0v) is 16.4. The predicted molar refractivity (Wildman–Crippen MR) is 102 cm³/mol. The Labute approximate surface area is 162 Å². The molecule has 2 aromatic rings. The van der Waals surface area contributed by atoms with E-state index >= 15 is 0 Å². The van der Waals surface area contributed by atoms with Crippen LogP contribution in [0.1, 0.15) is 17.3 Å². The molecule has 0 bridgehead atoms. The van der Waals surface area contributed by atoms with Crippen LogP contribution < -0.4 is 5.32 Å². The zero-order chi connectivity index (χ0) is 20.0. The molecule has 0 fully saturated rings. The summed E-state index contributed by atoms with van der Waals surface area (Å²) in [6.07, 6.45) is 0. The van der Waals surface area contributed by atoms with Crippen LogP contribution in [0.5, 0.6) is 0 Å². The number of sulfonamides is 1. The molecular weight excluding hydrogens is 392 g/mol. The summed E-state index contributed by atoms with van der Waals surface area (Å²) in [7, 11) is -2.46. The minimum Gasteiger partial charge on any atom is -0.462 e. The molecule has 0 aliphatic heterocycles. The molecule has 0 unspecified atom stereocenters. The van der Waals surface area contributed by atoms with Crippen molar-refractivity contribution in [2.75, 3.05) is 25.5 Å². The van der Waals surface area contributed by atoms with Crippen molar-refractivity contribution in [3.8, 4) is 0 Å². The highest BCUT2D eigenvalue weighted by molar-refractivity contribution is 7.89. The van der Waals surface area contributed by atoms with Gasteiger partial charge in [-0.05, 0) is 37.3 Å². The van der Waals surface area contributed by atoms with Gasteiger partial charge in [-0.1, -0.05) is 29.8 Å². The maximum absolute atomic E-state index is 12.4. The first-order valence-corrected chi connectivity index (χ1v) is 9.85. The molecule has 2 rings (SSSR count). The number of hydrogen-bond acceptors (Lipinski definition) is 5. The fraction of sp³-hybridized carbons (Fsp3) is 0.222. The van der Waals surface area contributed by atoms with Crippen molar-refractivity contribution in [1.29, 1.82) is 0 Å². The van der Waals surface area contributed by atoms with E-state index in [-0.39, 0.29) is 28.6 Å². The fourth-order valence-corrected chi connectivity index (χ4v) is 3.63. The number of halogens is 1. The van der Waals surface area contributed by atoms with E-state index in [1.165, 1.54) is 37.4 Å². The van der Waals surface area contributed by atoms with Gasteiger partial charge in [0.2, 0.25) is 15.9 Å². The first-order valence-electron chi connectivity index (χ1n) is 8.03. The van der Waals surface area contributed by atoms with Gasteiger partial charge in [0.1, 0.15) is 0 Å². The van der Waals surface area contributed by atoms with Gasteiger partial charge in [-0.25, -0.2) is 13.2 Å². The van der Waals surface area contributed by atoms with Crippen LogP contribution in [0.2, 0.25) is 5.02 Å². The summed E-state index contributed by atoms with van der Waals surface area (Å²) in [5.74, 6) is -1.11. The Morgan fingerprint density at radius 3 is 2.41 bits per heavy atom. The van der Waals surface area contributed by atoms with Crippen molar-refractivity contribution in [3.05, 3.63) is 59.1 Å². The predicted octanol–water partition coefficient (Wildman–Crippen LogP) is 2.78. The molecule has 0 radical (unpaired) electrons. The van der Waals surface area contributed by atoms with E-state index in [2.05, 4.69) is 5.32 Å². The molecule has 27 heavy (non-hydrogen) atoms. The first-order chi connectivity index (χ1) is 12.8. The van der Waals surface area contributed by atoms with Gasteiger partial charge in [0.05, 0.1) is 28.6 Å². The Hall–Kier alpha value is -2.42. The summed E-state index contributed by atoms with van der Waals surface area (Å²) in [6, 6.07) is 12.1. The minimum atomic E-state index is -3.77. The van der Waals surface area contributed by atoms with Crippen LogP contribution in [0.3, 0.4) is 0 Å². The van der Waals surface area contributed by atoms with Crippen molar-refractivity contribution in [2.45, 2.75) is 11.8 Å². The largest absolute Gasteiger partial charge is 0.462 e. The summed E-state index contributed by atoms with van der Waals surface area (Å²) in [6.45, 7) is 1.52. The second kappa shape index (κ2) is 8.98. The smallest absolute Gasteiger partial charge is 0.339 e. The number of amides is 1. The topological polar surface area (TPSA) is 92.8 Å². The number of carbonyl (C=O) groups is 2. The Balaban J connectivity index is 2.05. The van der Waals surface area contributed by atoms with Crippen molar-refractivity contribution in [2.24, 2.45) is 0 Å². The standard InChI is InChI=1S/C18H19ClN2O5S/c1-3-26-18(23)15-10-9-13(11-16(15)19)20-17(22)12-21(2)27(24,25)14-7-5-4-6-8-14/h4-11H,3,12H2,1-2H3,(H,20,22). The number of likely N-dealkylation sites (N-methyl/N-ethyl adjacent to an activating group) is 1. The second-order valence-electron chi connectivity index (χ2n) is 5.54. The molecule has 2 aromatic carbocycles. The molecule has 0 aliphatic carbocycles. The van der Waals surface area contributed by atoms with Gasteiger partial charge in [0.15, 0.2) is 0 Å². The van der Waals surface area contributed by atoms with Crippen molar-refractivity contribution in [3.63, 3.8) is 0 Å². The van der Waals surface area contributed by atoms with Crippen LogP contribution in [0.4, 0.5) is 5.69 Å². The lowest BCUT2D eigenvalue weighted by molar-refractivity contribution is -0.116. The lowest BCUT2D eigenvalue weighted by Gasteiger charge is -2.17. The number of carbonyl (C=O) groups excluding carboxylic acids is 2. The van der Waals surface area contributed by atoms with Crippen LogP contribution in [0.15, 0.2) is 53.4 Å². The maximum Gasteiger partial charge on any atom is 0.339 e. The van der Waals surface area contributed by atoms with Crippen molar-refractivity contribution in [1.82, 2.24) is 4.31 Å². The molecule has 1 amide bonds. The normalized spacial score (nSPS) is 11.3. The third-order valence-electron chi connectivity index (χ3n) is 3.57. The van der Waals surface area contributed by atoms with E-state index in [0.717, 1.165) is 4.31 Å². The molecule has 0 spiro atoms. The fourth-order valence-electron chi connectivity index (χ4n) is 2.23. The molecule has 0 aromatic heterocycles. The molecule has 0 saturated carbocycles. The van der Waals surface area contributed by atoms with Gasteiger partial charge in [-0.3, -0.25) is 4.79 Å². The third kappa shape index (κ3) is 5.29. The molecule has 0 heterocycles. The molecule has 144 valence electrons. The van der Waals surface area contributed by atoms with Gasteiger partial charge in [-0.15, -0.1) is 0 Å². The van der Waals surface area contributed by atoms with Crippen LogP contribution in [-0.4, -0.2) is 44.8 Å². The van der Waals surface area contributed by atoms with E-state index in [9.17, 15) is 18.0 Å². The highest BCUT2D eigenvalue weighted by atomic mass is 35.5. The van der Waals surface area contributed by atoms with Gasteiger partial charge < -0.3 is 10.1 Å². The summed E-state index contributed by atoms with van der Waals surface area (Å²) >= 11 is 6.04. The van der Waals surface area contributed by atoms with E-state index in [1.54, 1.807) is 25.1 Å². The summed E-state index contributed by atoms with van der Waals surface area (Å²) in [4.78, 5) is 24.0. The number of hydrogen-bond donors (Lipinski definition) is 1. The van der Waals surface area contributed by atoms with Gasteiger partial charge >= 0.3 is 5.97 Å². The minimum absolute atomic E-state index is 0.0992. The summed E-state index contributed by atoms with van der Waals surface area (Å²) in [5, 5.41) is 2.68. The van der Waals surface area contributed by atoms with E-state index < -0.39 is 21.9 Å². The van der Waals surface area contributed by atoms with E-state index in [0.29, 0.717) is 5.69 Å². The molecule has 0 atom stereocenters. The lowest BCUT2D eigenvalue weighted by Crippen LogP contribution is -2.34. The average Bonchev–Trinajstić information content (AvgIpc) is 2.62. The number of rotatable bonds is 7. The third-order valence-corrected chi connectivity index (χ3v) is 5.70. The maximum atomic E-state index is 12.4. The van der Waals surface area contributed by atoms with Crippen molar-refractivity contribution >= 4 is 39.2 Å². The Bertz CT molecular complexity index is 932. The Morgan fingerprint density at radius 1 is 1.15 bits per heavy atom. The SMILES string of the molecule is CCOC(=O)c1ccc(NC(=O)CN(C)S(=O)(=O)c2ccccc2)cc1Cl. The van der Waals surface area contributed by atoms with Gasteiger partial charge in [-0.2, -0.15) is 4.31 Å². The number of benzene rings is 2. The van der Waals surface area contributed by atoms with Crippen LogP contribution >= 0.6 is 11.6 Å². The molecule has 1 N–H and O–H groups in total. The summed E-state index contributed by atoms with van der Waals surface area (Å²) < 4.78 is 30.7. The number of ether oxygens (including phenoxy) is 1. The molecule has 7 nitrogen and oxygen atoms in total. The quantitative estimate of drug-likeness (QED) is 0.708. The van der Waals surface area contributed by atoms with E-state index in [4.69, 9.17) is 16.3 Å². The lowest BCUT2D eigenvalue weighted by atomic mass is 10.2. The monoisotopic (exact) mass is 410 g/mol. The average molecular weight is 411 g/mol. The first kappa shape index (κ1) is 20.9. The van der Waals surface area contributed by atoms with Gasteiger partial charge in [0.25, 0.3) is 0 Å². The number of nitrogens with one attached hydrogen (secondary N) is 1. The highest BCUT2D eigenvalue weighted by Gasteiger charge is 2.22. The molecular formula is C18H19ClN2O5S. The van der Waals surface area contributed by atoms with E-state index in [1.807, 2.05) is 0 Å². The Kier molecular flexibility index (Phi) is 6.95. The highest BCUT2D eigenvalue weighted by Crippen LogP contribution is 2.22. The van der Waals surface area contributed by atoms with Crippen LogP contribution in [0, 0.1) is 0 Å². The molecule has 0 saturated heterocycles. The van der Waals surface area contributed by atoms with Gasteiger partial charge in [0, 0.05) is 12.7 Å². The number of nitrogens with zero attached hydrogens (tertiary/aromatic N) is 1. The molecule has 0 aliphatic rings. The second-order valence-corrected chi connectivity index (χ2v) is 7.99. The molecule has 9 heteroatoms. The Morgan fingerprint density at radius 2 is 1.81 bits per heavy atom. The van der Waals surface area contributed by atoms with Crippen LogP contribution in [0.25, 0.3) is 0 Å². The number of esters is 1. The number of anilines is 1.